The molecule has 4 nitrogen and oxygen atoms in total. The number of hydrogen-bond donors (Lipinski definition) is 1. The molecular weight excluding hydrogens is 254 g/mol. The molecule has 1 aromatic heterocycles. The molecule has 4 heteroatoms. The van der Waals surface area contributed by atoms with Crippen molar-refractivity contribution in [3.63, 3.8) is 0 Å². The fraction of sp³-hybridized carbons (Fsp3) is 0.625. The summed E-state index contributed by atoms with van der Waals surface area (Å²) in [7, 11) is 0. The molecule has 0 aromatic carbocycles. The van der Waals surface area contributed by atoms with Gasteiger partial charge in [-0.2, -0.15) is 0 Å². The second kappa shape index (κ2) is 3.96. The molecule has 1 aromatic rings. The Labute approximate surface area is 117 Å². The van der Waals surface area contributed by atoms with E-state index in [0.29, 0.717) is 0 Å². The van der Waals surface area contributed by atoms with Crippen molar-refractivity contribution in [2.45, 2.75) is 44.1 Å². The van der Waals surface area contributed by atoms with Crippen LogP contribution in [0.25, 0.3) is 0 Å². The van der Waals surface area contributed by atoms with Gasteiger partial charge in [-0.05, 0) is 68.4 Å². The first kappa shape index (κ1) is 12.2. The molecule has 4 aliphatic carbocycles. The van der Waals surface area contributed by atoms with Crippen LogP contribution in [0.2, 0.25) is 0 Å². The molecule has 4 aliphatic rings. The van der Waals surface area contributed by atoms with Crippen LogP contribution in [0, 0.1) is 17.8 Å². The number of rotatable bonds is 2. The van der Waals surface area contributed by atoms with E-state index in [1.165, 1.54) is 25.3 Å². The number of carbonyl (C=O) groups is 1. The summed E-state index contributed by atoms with van der Waals surface area (Å²) in [6.07, 6.45) is 8.92. The highest BCUT2D eigenvalue weighted by Gasteiger charge is 2.52. The summed E-state index contributed by atoms with van der Waals surface area (Å²) in [5, 5.41) is 9.16. The van der Waals surface area contributed by atoms with E-state index in [-0.39, 0.29) is 16.7 Å². The highest BCUT2D eigenvalue weighted by Crippen LogP contribution is 2.58. The van der Waals surface area contributed by atoms with Gasteiger partial charge in [-0.1, -0.05) is 0 Å². The number of pyridine rings is 1. The molecule has 1 heterocycles. The standard InChI is InChI=1S/C16H19NO3/c18-14-13(15(19)20)2-1-3-17(14)16-7-10-4-11(8-16)6-12(5-10)9-16/h1-3,10-12H,4-9H2,(H,19,20). The van der Waals surface area contributed by atoms with Gasteiger partial charge in [0.25, 0.3) is 5.56 Å². The van der Waals surface area contributed by atoms with Crippen LogP contribution in [0.5, 0.6) is 0 Å². The minimum absolute atomic E-state index is 0.0942. The van der Waals surface area contributed by atoms with Crippen molar-refractivity contribution in [1.82, 2.24) is 4.57 Å². The fourth-order valence-corrected chi connectivity index (χ4v) is 5.39. The number of hydrogen-bond acceptors (Lipinski definition) is 2. The minimum Gasteiger partial charge on any atom is -0.477 e. The van der Waals surface area contributed by atoms with E-state index in [1.807, 2.05) is 6.20 Å². The molecule has 106 valence electrons. The SMILES string of the molecule is O=C(O)c1cccn(C23CC4CC(CC(C4)C2)C3)c1=O. The lowest BCUT2D eigenvalue weighted by molar-refractivity contribution is -0.0449. The summed E-state index contributed by atoms with van der Waals surface area (Å²) in [6, 6.07) is 3.13. The van der Waals surface area contributed by atoms with E-state index in [4.69, 9.17) is 5.11 Å². The van der Waals surface area contributed by atoms with Crippen LogP contribution in [0.1, 0.15) is 48.9 Å². The van der Waals surface area contributed by atoms with Gasteiger partial charge in [0.05, 0.1) is 0 Å². The molecule has 20 heavy (non-hydrogen) atoms. The second-order valence-corrected chi connectivity index (χ2v) is 7.04. The van der Waals surface area contributed by atoms with Gasteiger partial charge in [0, 0.05) is 11.7 Å². The first-order valence-electron chi connectivity index (χ1n) is 7.53. The zero-order valence-corrected chi connectivity index (χ0v) is 11.4. The van der Waals surface area contributed by atoms with Gasteiger partial charge in [-0.25, -0.2) is 4.79 Å². The minimum atomic E-state index is -1.12. The predicted octanol–water partition coefficient (Wildman–Crippen LogP) is 2.47. The summed E-state index contributed by atoms with van der Waals surface area (Å²) in [5.41, 5.74) is -0.512. The van der Waals surface area contributed by atoms with Crippen LogP contribution in [0.3, 0.4) is 0 Å². The van der Waals surface area contributed by atoms with E-state index >= 15 is 0 Å². The zero-order chi connectivity index (χ0) is 13.9. The largest absolute Gasteiger partial charge is 0.477 e. The molecule has 1 N–H and O–H groups in total. The van der Waals surface area contributed by atoms with Crippen molar-refractivity contribution in [1.29, 1.82) is 0 Å². The van der Waals surface area contributed by atoms with Crippen molar-refractivity contribution < 1.29 is 9.90 Å². The summed E-state index contributed by atoms with van der Waals surface area (Å²) >= 11 is 0. The van der Waals surface area contributed by atoms with E-state index in [1.54, 1.807) is 10.6 Å². The number of carboxylic acids is 1. The fourth-order valence-electron chi connectivity index (χ4n) is 5.39. The van der Waals surface area contributed by atoms with Gasteiger partial charge in [0.2, 0.25) is 0 Å². The van der Waals surface area contributed by atoms with Crippen LogP contribution in [0.15, 0.2) is 23.1 Å². The van der Waals surface area contributed by atoms with Gasteiger partial charge in [0.1, 0.15) is 5.56 Å². The summed E-state index contributed by atoms with van der Waals surface area (Å²) in [6.45, 7) is 0. The third kappa shape index (κ3) is 1.60. The average molecular weight is 273 g/mol. The van der Waals surface area contributed by atoms with Crippen molar-refractivity contribution in [3.05, 3.63) is 34.2 Å². The van der Waals surface area contributed by atoms with Crippen molar-refractivity contribution in [2.24, 2.45) is 17.8 Å². The Bertz CT molecular complexity index is 596. The first-order valence-corrected chi connectivity index (χ1v) is 7.53. The third-order valence-corrected chi connectivity index (χ3v) is 5.69. The summed E-state index contributed by atoms with van der Waals surface area (Å²) in [5.74, 6) is 1.10. The number of carboxylic acid groups (broad SMARTS) is 1. The summed E-state index contributed by atoms with van der Waals surface area (Å²) in [4.78, 5) is 23.7. The molecule has 4 saturated carbocycles. The van der Waals surface area contributed by atoms with E-state index < -0.39 is 5.97 Å². The normalized spacial score (nSPS) is 38.1. The number of aromatic carboxylic acids is 1. The summed E-state index contributed by atoms with van der Waals surface area (Å²) < 4.78 is 1.76. The molecule has 4 fully saturated rings. The Morgan fingerprint density at radius 3 is 2.20 bits per heavy atom. The molecule has 0 atom stereocenters. The highest BCUT2D eigenvalue weighted by atomic mass is 16.4. The Balaban J connectivity index is 1.83. The Morgan fingerprint density at radius 2 is 1.70 bits per heavy atom. The maximum atomic E-state index is 12.5. The second-order valence-electron chi connectivity index (χ2n) is 7.04. The average Bonchev–Trinajstić information content (AvgIpc) is 2.36. The molecular formula is C16H19NO3. The van der Waals surface area contributed by atoms with Crippen LogP contribution >= 0.6 is 0 Å². The lowest BCUT2D eigenvalue weighted by Gasteiger charge is -2.57. The highest BCUT2D eigenvalue weighted by molar-refractivity contribution is 5.87. The van der Waals surface area contributed by atoms with Gasteiger partial charge in [0.15, 0.2) is 0 Å². The van der Waals surface area contributed by atoms with E-state index in [0.717, 1.165) is 37.0 Å². The lowest BCUT2D eigenvalue weighted by atomic mass is 9.53. The van der Waals surface area contributed by atoms with E-state index in [2.05, 4.69) is 0 Å². The van der Waals surface area contributed by atoms with Crippen molar-refractivity contribution >= 4 is 5.97 Å². The molecule has 0 radical (unpaired) electrons. The smallest absolute Gasteiger partial charge is 0.341 e. The number of nitrogens with zero attached hydrogens (tertiary/aromatic N) is 1. The molecule has 0 unspecified atom stereocenters. The first-order chi connectivity index (χ1) is 9.57. The third-order valence-electron chi connectivity index (χ3n) is 5.69. The van der Waals surface area contributed by atoms with Gasteiger partial charge in [-0.3, -0.25) is 4.79 Å². The molecule has 0 saturated heterocycles. The van der Waals surface area contributed by atoms with Crippen LogP contribution < -0.4 is 5.56 Å². The maximum absolute atomic E-state index is 12.5. The van der Waals surface area contributed by atoms with Crippen LogP contribution in [-0.4, -0.2) is 15.6 Å². The molecule has 5 rings (SSSR count). The zero-order valence-electron chi connectivity index (χ0n) is 11.4. The Hall–Kier alpha value is -1.58. The van der Waals surface area contributed by atoms with Gasteiger partial charge >= 0.3 is 5.97 Å². The topological polar surface area (TPSA) is 59.3 Å². The number of aromatic nitrogens is 1. The molecule has 0 amide bonds. The van der Waals surface area contributed by atoms with Gasteiger partial charge in [-0.15, -0.1) is 0 Å². The Kier molecular flexibility index (Phi) is 2.41. The van der Waals surface area contributed by atoms with Crippen LogP contribution in [-0.2, 0) is 5.54 Å². The maximum Gasteiger partial charge on any atom is 0.341 e. The van der Waals surface area contributed by atoms with E-state index in [9.17, 15) is 9.59 Å². The van der Waals surface area contributed by atoms with Crippen LogP contribution in [0.4, 0.5) is 0 Å². The van der Waals surface area contributed by atoms with Crippen molar-refractivity contribution in [2.75, 3.05) is 0 Å². The predicted molar refractivity (Wildman–Crippen MR) is 73.8 cm³/mol. The molecule has 0 spiro atoms. The Morgan fingerprint density at radius 1 is 1.15 bits per heavy atom. The monoisotopic (exact) mass is 273 g/mol. The quantitative estimate of drug-likeness (QED) is 0.900. The lowest BCUT2D eigenvalue weighted by Crippen LogP contribution is -2.55. The molecule has 4 bridgehead atoms. The molecule has 0 aliphatic heterocycles. The van der Waals surface area contributed by atoms with Gasteiger partial charge < -0.3 is 9.67 Å². The van der Waals surface area contributed by atoms with Crippen molar-refractivity contribution in [3.8, 4) is 0 Å².